The number of nitrogens with zero attached hydrogens (tertiary/aromatic N) is 1. The summed E-state index contributed by atoms with van der Waals surface area (Å²) in [5.74, 6) is 1.39. The van der Waals surface area contributed by atoms with E-state index in [1.54, 1.807) is 38.5 Å². The van der Waals surface area contributed by atoms with Crippen LogP contribution in [0, 0.1) is 10.1 Å². The van der Waals surface area contributed by atoms with Crippen molar-refractivity contribution in [2.75, 3.05) is 14.2 Å². The van der Waals surface area contributed by atoms with Crippen molar-refractivity contribution in [3.05, 3.63) is 52.6 Å². The lowest BCUT2D eigenvalue weighted by Crippen LogP contribution is -1.91. The molecule has 0 fully saturated rings. The highest BCUT2D eigenvalue weighted by Crippen LogP contribution is 2.34. The van der Waals surface area contributed by atoms with Crippen LogP contribution in [0.2, 0.25) is 0 Å². The number of non-ortho nitro benzene ring substituents is 1. The molecule has 0 aromatic heterocycles. The molecule has 5 heteroatoms. The van der Waals surface area contributed by atoms with Crippen molar-refractivity contribution >= 4 is 5.69 Å². The molecule has 98 valence electrons. The number of benzene rings is 2. The molecule has 0 saturated heterocycles. The number of hydrogen-bond acceptors (Lipinski definition) is 4. The average molecular weight is 259 g/mol. The summed E-state index contributed by atoms with van der Waals surface area (Å²) >= 11 is 0. The van der Waals surface area contributed by atoms with Crippen molar-refractivity contribution < 1.29 is 14.4 Å². The molecular formula is C14H13NO4. The lowest BCUT2D eigenvalue weighted by atomic mass is 10.0. The summed E-state index contributed by atoms with van der Waals surface area (Å²) in [4.78, 5) is 10.2. The van der Waals surface area contributed by atoms with Gasteiger partial charge in [-0.1, -0.05) is 0 Å². The Morgan fingerprint density at radius 3 is 2.21 bits per heavy atom. The van der Waals surface area contributed by atoms with Crippen molar-refractivity contribution in [3.63, 3.8) is 0 Å². The molecule has 0 amide bonds. The fourth-order valence-corrected chi connectivity index (χ4v) is 1.80. The normalized spacial score (nSPS) is 10.0. The quantitative estimate of drug-likeness (QED) is 0.624. The maximum absolute atomic E-state index is 10.6. The number of hydrogen-bond donors (Lipinski definition) is 0. The van der Waals surface area contributed by atoms with Gasteiger partial charge in [-0.3, -0.25) is 10.1 Å². The molecule has 2 aromatic carbocycles. The van der Waals surface area contributed by atoms with Gasteiger partial charge in [-0.25, -0.2) is 0 Å². The Hall–Kier alpha value is -2.56. The Balaban J connectivity index is 2.47. The van der Waals surface area contributed by atoms with Gasteiger partial charge >= 0.3 is 0 Å². The van der Waals surface area contributed by atoms with Crippen molar-refractivity contribution in [1.82, 2.24) is 0 Å². The molecule has 0 aliphatic heterocycles. The number of ether oxygens (including phenoxy) is 2. The van der Waals surface area contributed by atoms with Crippen molar-refractivity contribution in [1.29, 1.82) is 0 Å². The predicted octanol–water partition coefficient (Wildman–Crippen LogP) is 3.28. The SMILES string of the molecule is COc1ccc(OC)c(-c2ccc([N+](=O)[O-])cc2)c1. The summed E-state index contributed by atoms with van der Waals surface area (Å²) in [6.45, 7) is 0. The second kappa shape index (κ2) is 5.39. The van der Waals surface area contributed by atoms with Crippen LogP contribution in [-0.4, -0.2) is 19.1 Å². The molecule has 2 aromatic rings. The minimum Gasteiger partial charge on any atom is -0.497 e. The summed E-state index contributed by atoms with van der Waals surface area (Å²) in [6, 6.07) is 11.7. The maximum atomic E-state index is 10.6. The van der Waals surface area contributed by atoms with E-state index in [-0.39, 0.29) is 5.69 Å². The molecule has 19 heavy (non-hydrogen) atoms. The first-order chi connectivity index (χ1) is 9.15. The van der Waals surface area contributed by atoms with Gasteiger partial charge in [0.15, 0.2) is 0 Å². The fourth-order valence-electron chi connectivity index (χ4n) is 1.80. The first kappa shape index (κ1) is 12.9. The van der Waals surface area contributed by atoms with Crippen LogP contribution in [0.1, 0.15) is 0 Å². The Morgan fingerprint density at radius 1 is 1.00 bits per heavy atom. The lowest BCUT2D eigenvalue weighted by molar-refractivity contribution is -0.384. The van der Waals surface area contributed by atoms with Crippen molar-refractivity contribution in [2.24, 2.45) is 0 Å². The van der Waals surface area contributed by atoms with Gasteiger partial charge < -0.3 is 9.47 Å². The zero-order valence-corrected chi connectivity index (χ0v) is 10.6. The fraction of sp³-hybridized carbons (Fsp3) is 0.143. The smallest absolute Gasteiger partial charge is 0.269 e. The van der Waals surface area contributed by atoms with E-state index in [0.717, 1.165) is 11.1 Å². The Bertz CT molecular complexity index is 593. The van der Waals surface area contributed by atoms with E-state index >= 15 is 0 Å². The van der Waals surface area contributed by atoms with E-state index in [1.165, 1.54) is 12.1 Å². The van der Waals surface area contributed by atoms with Gasteiger partial charge in [0.25, 0.3) is 5.69 Å². The van der Waals surface area contributed by atoms with E-state index in [2.05, 4.69) is 0 Å². The molecule has 0 aliphatic carbocycles. The first-order valence-corrected chi connectivity index (χ1v) is 5.62. The molecular weight excluding hydrogens is 246 g/mol. The second-order valence-corrected chi connectivity index (χ2v) is 3.87. The van der Waals surface area contributed by atoms with Crippen LogP contribution in [0.5, 0.6) is 11.5 Å². The molecule has 0 radical (unpaired) electrons. The topological polar surface area (TPSA) is 61.6 Å². The van der Waals surface area contributed by atoms with Gasteiger partial charge in [0, 0.05) is 17.7 Å². The summed E-state index contributed by atoms with van der Waals surface area (Å²) in [5, 5.41) is 10.6. The number of methoxy groups -OCH3 is 2. The van der Waals surface area contributed by atoms with Crippen LogP contribution in [0.25, 0.3) is 11.1 Å². The van der Waals surface area contributed by atoms with Gasteiger partial charge in [0.2, 0.25) is 0 Å². The van der Waals surface area contributed by atoms with E-state index in [0.29, 0.717) is 11.5 Å². The Morgan fingerprint density at radius 2 is 1.68 bits per heavy atom. The summed E-state index contributed by atoms with van der Waals surface area (Å²) in [5.41, 5.74) is 1.73. The molecule has 2 rings (SSSR count). The third-order valence-electron chi connectivity index (χ3n) is 2.80. The lowest BCUT2D eigenvalue weighted by Gasteiger charge is -2.10. The van der Waals surface area contributed by atoms with E-state index in [1.807, 2.05) is 6.07 Å². The van der Waals surface area contributed by atoms with E-state index in [4.69, 9.17) is 9.47 Å². The van der Waals surface area contributed by atoms with Gasteiger partial charge in [-0.15, -0.1) is 0 Å². The van der Waals surface area contributed by atoms with Gasteiger partial charge in [0.1, 0.15) is 11.5 Å². The molecule has 0 spiro atoms. The van der Waals surface area contributed by atoms with E-state index < -0.39 is 4.92 Å². The highest BCUT2D eigenvalue weighted by Gasteiger charge is 2.10. The van der Waals surface area contributed by atoms with E-state index in [9.17, 15) is 10.1 Å². The summed E-state index contributed by atoms with van der Waals surface area (Å²) in [7, 11) is 3.16. The Labute approximate surface area is 110 Å². The maximum Gasteiger partial charge on any atom is 0.269 e. The molecule has 0 atom stereocenters. The summed E-state index contributed by atoms with van der Waals surface area (Å²) in [6.07, 6.45) is 0. The zero-order chi connectivity index (χ0) is 13.8. The third-order valence-corrected chi connectivity index (χ3v) is 2.80. The monoisotopic (exact) mass is 259 g/mol. The molecule has 0 heterocycles. The van der Waals surface area contributed by atoms with Crippen LogP contribution in [0.3, 0.4) is 0 Å². The predicted molar refractivity (Wildman–Crippen MR) is 71.6 cm³/mol. The van der Waals surface area contributed by atoms with Crippen LogP contribution >= 0.6 is 0 Å². The largest absolute Gasteiger partial charge is 0.497 e. The standard InChI is InChI=1S/C14H13NO4/c1-18-12-7-8-14(19-2)13(9-12)10-3-5-11(6-4-10)15(16)17/h3-9H,1-2H3. The van der Waals surface area contributed by atoms with Gasteiger partial charge in [0.05, 0.1) is 19.1 Å². The number of nitro groups is 1. The van der Waals surface area contributed by atoms with Crippen LogP contribution in [0.15, 0.2) is 42.5 Å². The molecule has 0 bridgehead atoms. The second-order valence-electron chi connectivity index (χ2n) is 3.87. The number of nitro benzene ring substituents is 1. The molecule has 0 aliphatic rings. The van der Waals surface area contributed by atoms with Crippen LogP contribution in [0.4, 0.5) is 5.69 Å². The highest BCUT2D eigenvalue weighted by molar-refractivity contribution is 5.72. The van der Waals surface area contributed by atoms with Gasteiger partial charge in [-0.05, 0) is 35.9 Å². The molecule has 0 unspecified atom stereocenters. The van der Waals surface area contributed by atoms with Gasteiger partial charge in [-0.2, -0.15) is 0 Å². The molecule has 0 saturated carbocycles. The Kier molecular flexibility index (Phi) is 3.66. The highest BCUT2D eigenvalue weighted by atomic mass is 16.6. The third kappa shape index (κ3) is 2.65. The average Bonchev–Trinajstić information content (AvgIpc) is 2.46. The van der Waals surface area contributed by atoms with Crippen LogP contribution < -0.4 is 9.47 Å². The first-order valence-electron chi connectivity index (χ1n) is 5.62. The number of rotatable bonds is 4. The molecule has 5 nitrogen and oxygen atoms in total. The van der Waals surface area contributed by atoms with Crippen LogP contribution in [-0.2, 0) is 0 Å². The van der Waals surface area contributed by atoms with Crippen molar-refractivity contribution in [3.8, 4) is 22.6 Å². The summed E-state index contributed by atoms with van der Waals surface area (Å²) < 4.78 is 10.5. The minimum absolute atomic E-state index is 0.0608. The zero-order valence-electron chi connectivity index (χ0n) is 10.6. The van der Waals surface area contributed by atoms with Crippen molar-refractivity contribution in [2.45, 2.75) is 0 Å². The minimum atomic E-state index is -0.424. The molecule has 0 N–H and O–H groups in total.